The molecule has 1 N–H and O–H groups in total. The van der Waals surface area contributed by atoms with Crippen molar-refractivity contribution in [2.45, 2.75) is 45.4 Å². The zero-order chi connectivity index (χ0) is 18.9. The van der Waals surface area contributed by atoms with Crippen molar-refractivity contribution in [1.29, 1.82) is 0 Å². The Balaban J connectivity index is 1.87. The summed E-state index contributed by atoms with van der Waals surface area (Å²) in [6, 6.07) is 17.3. The van der Waals surface area contributed by atoms with Crippen LogP contribution in [0.4, 0.5) is 5.69 Å². The van der Waals surface area contributed by atoms with Crippen molar-refractivity contribution in [3.8, 4) is 0 Å². The van der Waals surface area contributed by atoms with E-state index in [2.05, 4.69) is 19.2 Å². The van der Waals surface area contributed by atoms with Gasteiger partial charge in [0, 0.05) is 5.69 Å². The lowest BCUT2D eigenvalue weighted by Crippen LogP contribution is -2.23. The second-order valence-corrected chi connectivity index (χ2v) is 6.46. The maximum atomic E-state index is 12.3. The van der Waals surface area contributed by atoms with E-state index in [-0.39, 0.29) is 24.4 Å². The molecule has 26 heavy (non-hydrogen) atoms. The van der Waals surface area contributed by atoms with E-state index < -0.39 is 0 Å². The van der Waals surface area contributed by atoms with Gasteiger partial charge in [0.2, 0.25) is 0 Å². The molecule has 0 spiro atoms. The highest BCUT2D eigenvalue weighted by atomic mass is 16.5. The molecule has 0 saturated carbocycles. The standard InChI is InChI=1S/C22H27NO3/c1-4-16(3)17-11-13-19(14-12-17)23-21(24)15-26-22(25)20(5-2)18-9-7-6-8-10-18/h6-14,16,20H,4-5,15H2,1-3H3,(H,23,24). The first-order valence-electron chi connectivity index (χ1n) is 9.16. The van der Waals surface area contributed by atoms with Crippen molar-refractivity contribution in [2.75, 3.05) is 11.9 Å². The van der Waals surface area contributed by atoms with Crippen LogP contribution in [-0.2, 0) is 14.3 Å². The van der Waals surface area contributed by atoms with Gasteiger partial charge in [-0.25, -0.2) is 0 Å². The predicted octanol–water partition coefficient (Wildman–Crippen LogP) is 4.88. The fraction of sp³-hybridized carbons (Fsp3) is 0.364. The number of anilines is 1. The van der Waals surface area contributed by atoms with Gasteiger partial charge >= 0.3 is 5.97 Å². The van der Waals surface area contributed by atoms with E-state index in [0.29, 0.717) is 18.0 Å². The van der Waals surface area contributed by atoms with E-state index in [1.165, 1.54) is 5.56 Å². The third-order valence-corrected chi connectivity index (χ3v) is 4.62. The first-order chi connectivity index (χ1) is 12.5. The normalized spacial score (nSPS) is 12.9. The highest BCUT2D eigenvalue weighted by Crippen LogP contribution is 2.22. The van der Waals surface area contributed by atoms with Crippen LogP contribution in [0.5, 0.6) is 0 Å². The van der Waals surface area contributed by atoms with Gasteiger partial charge in [0.15, 0.2) is 6.61 Å². The lowest BCUT2D eigenvalue weighted by molar-refractivity contribution is -0.149. The van der Waals surface area contributed by atoms with Gasteiger partial charge in [-0.3, -0.25) is 9.59 Å². The Bertz CT molecular complexity index is 710. The number of hydrogen-bond donors (Lipinski definition) is 1. The molecule has 1 amide bonds. The number of esters is 1. The van der Waals surface area contributed by atoms with Crippen LogP contribution in [0.1, 0.15) is 56.6 Å². The first-order valence-corrected chi connectivity index (χ1v) is 9.16. The highest BCUT2D eigenvalue weighted by Gasteiger charge is 2.20. The quantitative estimate of drug-likeness (QED) is 0.689. The molecule has 0 aliphatic rings. The second kappa shape index (κ2) is 9.76. The minimum Gasteiger partial charge on any atom is -0.455 e. The van der Waals surface area contributed by atoms with Crippen LogP contribution in [-0.4, -0.2) is 18.5 Å². The van der Waals surface area contributed by atoms with Crippen molar-refractivity contribution in [2.24, 2.45) is 0 Å². The molecule has 2 aromatic rings. The van der Waals surface area contributed by atoms with Crippen LogP contribution in [0.3, 0.4) is 0 Å². The molecule has 0 fully saturated rings. The molecule has 2 unspecified atom stereocenters. The van der Waals surface area contributed by atoms with E-state index in [1.807, 2.05) is 61.5 Å². The number of amides is 1. The van der Waals surface area contributed by atoms with E-state index in [9.17, 15) is 9.59 Å². The predicted molar refractivity (Wildman–Crippen MR) is 104 cm³/mol. The van der Waals surface area contributed by atoms with E-state index >= 15 is 0 Å². The van der Waals surface area contributed by atoms with Crippen molar-refractivity contribution in [1.82, 2.24) is 0 Å². The minimum absolute atomic E-state index is 0.282. The summed E-state index contributed by atoms with van der Waals surface area (Å²) in [5.74, 6) is -0.568. The molecule has 4 nitrogen and oxygen atoms in total. The fourth-order valence-electron chi connectivity index (χ4n) is 2.79. The average Bonchev–Trinajstić information content (AvgIpc) is 2.68. The molecule has 4 heteroatoms. The van der Waals surface area contributed by atoms with Gasteiger partial charge in [0.25, 0.3) is 5.91 Å². The Morgan fingerprint density at radius 2 is 1.58 bits per heavy atom. The zero-order valence-corrected chi connectivity index (χ0v) is 15.7. The zero-order valence-electron chi connectivity index (χ0n) is 15.7. The maximum absolute atomic E-state index is 12.3. The summed E-state index contributed by atoms with van der Waals surface area (Å²) in [6.07, 6.45) is 1.70. The summed E-state index contributed by atoms with van der Waals surface area (Å²) >= 11 is 0. The molecule has 138 valence electrons. The average molecular weight is 353 g/mol. The second-order valence-electron chi connectivity index (χ2n) is 6.46. The third kappa shape index (κ3) is 5.45. The summed E-state index contributed by atoms with van der Waals surface area (Å²) in [5.41, 5.74) is 2.85. The number of benzene rings is 2. The number of nitrogens with one attached hydrogen (secondary N) is 1. The lowest BCUT2D eigenvalue weighted by Gasteiger charge is -2.14. The van der Waals surface area contributed by atoms with Gasteiger partial charge in [-0.15, -0.1) is 0 Å². The number of ether oxygens (including phenoxy) is 1. The molecule has 2 atom stereocenters. The largest absolute Gasteiger partial charge is 0.455 e. The van der Waals surface area contributed by atoms with Crippen LogP contribution in [0.15, 0.2) is 54.6 Å². The summed E-state index contributed by atoms with van der Waals surface area (Å²) in [4.78, 5) is 24.3. The summed E-state index contributed by atoms with van der Waals surface area (Å²) in [5, 5.41) is 2.76. The summed E-state index contributed by atoms with van der Waals surface area (Å²) in [7, 11) is 0. The molecule has 2 aromatic carbocycles. The maximum Gasteiger partial charge on any atom is 0.313 e. The van der Waals surface area contributed by atoms with Crippen LogP contribution in [0, 0.1) is 0 Å². The van der Waals surface area contributed by atoms with Gasteiger partial charge in [-0.05, 0) is 42.0 Å². The van der Waals surface area contributed by atoms with Crippen molar-refractivity contribution >= 4 is 17.6 Å². The Morgan fingerprint density at radius 3 is 2.15 bits per heavy atom. The monoisotopic (exact) mass is 353 g/mol. The first kappa shape index (κ1) is 19.7. The molecular formula is C22H27NO3. The van der Waals surface area contributed by atoms with E-state index in [0.717, 1.165) is 12.0 Å². The van der Waals surface area contributed by atoms with Crippen LogP contribution >= 0.6 is 0 Å². The van der Waals surface area contributed by atoms with E-state index in [4.69, 9.17) is 4.74 Å². The Kier molecular flexibility index (Phi) is 7.39. The summed E-state index contributed by atoms with van der Waals surface area (Å²) in [6.45, 7) is 5.96. The Morgan fingerprint density at radius 1 is 0.923 bits per heavy atom. The molecule has 0 aromatic heterocycles. The molecule has 0 aliphatic carbocycles. The smallest absolute Gasteiger partial charge is 0.313 e. The number of carbonyl (C=O) groups is 2. The molecule has 0 heterocycles. The number of rotatable bonds is 8. The summed E-state index contributed by atoms with van der Waals surface area (Å²) < 4.78 is 5.21. The van der Waals surface area contributed by atoms with Gasteiger partial charge in [0.1, 0.15) is 0 Å². The molecule has 2 rings (SSSR count). The Hall–Kier alpha value is -2.62. The number of hydrogen-bond acceptors (Lipinski definition) is 3. The molecule has 0 bridgehead atoms. The number of carbonyl (C=O) groups excluding carboxylic acids is 2. The van der Waals surface area contributed by atoms with Gasteiger partial charge in [-0.2, -0.15) is 0 Å². The highest BCUT2D eigenvalue weighted by molar-refractivity contribution is 5.93. The van der Waals surface area contributed by atoms with Gasteiger partial charge < -0.3 is 10.1 Å². The SMILES string of the molecule is CCC(C)c1ccc(NC(=O)COC(=O)C(CC)c2ccccc2)cc1. The minimum atomic E-state index is -0.374. The van der Waals surface area contributed by atoms with E-state index in [1.54, 1.807) is 0 Å². The third-order valence-electron chi connectivity index (χ3n) is 4.62. The topological polar surface area (TPSA) is 55.4 Å². The lowest BCUT2D eigenvalue weighted by atomic mass is 9.97. The van der Waals surface area contributed by atoms with Crippen LogP contribution in [0.25, 0.3) is 0 Å². The van der Waals surface area contributed by atoms with Crippen molar-refractivity contribution in [3.63, 3.8) is 0 Å². The van der Waals surface area contributed by atoms with Crippen molar-refractivity contribution < 1.29 is 14.3 Å². The van der Waals surface area contributed by atoms with Crippen molar-refractivity contribution in [3.05, 3.63) is 65.7 Å². The molecule has 0 aliphatic heterocycles. The fourth-order valence-corrected chi connectivity index (χ4v) is 2.79. The molecule has 0 radical (unpaired) electrons. The molecule has 0 saturated heterocycles. The van der Waals surface area contributed by atoms with Crippen LogP contribution in [0.2, 0.25) is 0 Å². The Labute approximate surface area is 155 Å². The molecular weight excluding hydrogens is 326 g/mol. The van der Waals surface area contributed by atoms with Crippen LogP contribution < -0.4 is 5.32 Å². The van der Waals surface area contributed by atoms with Gasteiger partial charge in [-0.1, -0.05) is 63.2 Å². The van der Waals surface area contributed by atoms with Gasteiger partial charge in [0.05, 0.1) is 5.92 Å².